The molecule has 0 spiro atoms. The Labute approximate surface area is 221 Å². The Morgan fingerprint density at radius 2 is 1.24 bits per heavy atom. The van der Waals surface area contributed by atoms with Crippen molar-refractivity contribution in [3.05, 3.63) is 91.0 Å². The highest BCUT2D eigenvalue weighted by Gasteiger charge is 2.45. The first-order chi connectivity index (χ1) is 17.8. The van der Waals surface area contributed by atoms with Gasteiger partial charge in [-0.25, -0.2) is 4.79 Å². The van der Waals surface area contributed by atoms with Crippen LogP contribution in [-0.4, -0.2) is 48.3 Å². The van der Waals surface area contributed by atoms with E-state index in [2.05, 4.69) is 96.3 Å². The van der Waals surface area contributed by atoms with E-state index in [1.54, 1.807) is 4.90 Å². The molecule has 0 aromatic heterocycles. The Morgan fingerprint density at radius 1 is 0.811 bits per heavy atom. The van der Waals surface area contributed by atoms with Crippen LogP contribution in [0, 0.1) is 5.92 Å². The topological polar surface area (TPSA) is 58.6 Å². The molecule has 0 saturated carbocycles. The summed E-state index contributed by atoms with van der Waals surface area (Å²) in [4.78, 5) is 27.3. The van der Waals surface area contributed by atoms with Gasteiger partial charge >= 0.3 is 6.09 Å². The molecule has 4 rings (SSSR count). The van der Waals surface area contributed by atoms with Gasteiger partial charge in [0, 0.05) is 19.0 Å². The molecule has 0 atom stereocenters. The molecule has 5 nitrogen and oxygen atoms in total. The highest BCUT2D eigenvalue weighted by Crippen LogP contribution is 2.54. The van der Waals surface area contributed by atoms with Gasteiger partial charge in [-0.05, 0) is 70.0 Å². The van der Waals surface area contributed by atoms with Crippen LogP contribution < -0.4 is 21.2 Å². The Hall–Kier alpha value is -3.17. The fourth-order valence-electron chi connectivity index (χ4n) is 5.02. The van der Waals surface area contributed by atoms with Gasteiger partial charge in [0.25, 0.3) is 0 Å². The number of hydrogen-bond acceptors (Lipinski definition) is 3. The monoisotopic (exact) mass is 517 g/mol. The third-order valence-corrected chi connectivity index (χ3v) is 11.3. The van der Waals surface area contributed by atoms with Crippen LogP contribution in [0.4, 0.5) is 4.79 Å². The van der Waals surface area contributed by atoms with Gasteiger partial charge in [-0.15, -0.1) is 0 Å². The zero-order chi connectivity index (χ0) is 26.3. The van der Waals surface area contributed by atoms with Gasteiger partial charge in [0.05, 0.1) is 12.7 Å². The van der Waals surface area contributed by atoms with Gasteiger partial charge in [-0.2, -0.15) is 0 Å². The Bertz CT molecular complexity index is 1060. The number of benzene rings is 3. The fraction of sp³-hybridized carbons (Fsp3) is 0.355. The van der Waals surface area contributed by atoms with Crippen molar-refractivity contribution in [2.45, 2.75) is 39.2 Å². The molecule has 1 saturated heterocycles. The number of ether oxygens (including phenoxy) is 1. The fourth-order valence-corrected chi connectivity index (χ4v) is 9.18. The van der Waals surface area contributed by atoms with Crippen molar-refractivity contribution < 1.29 is 14.3 Å². The zero-order valence-electron chi connectivity index (χ0n) is 22.1. The van der Waals surface area contributed by atoms with Crippen LogP contribution in [0.25, 0.3) is 0 Å². The first-order valence-corrected chi connectivity index (χ1v) is 15.1. The largest absolute Gasteiger partial charge is 0.444 e. The number of carbonyl (C=O) groups excluding carboxylic acids is 2. The summed E-state index contributed by atoms with van der Waals surface area (Å²) in [6, 6.07) is 32.1. The molecule has 194 valence electrons. The van der Waals surface area contributed by atoms with Crippen LogP contribution in [0.5, 0.6) is 0 Å². The summed E-state index contributed by atoms with van der Waals surface area (Å²) in [6.07, 6.45) is 1.85. The van der Waals surface area contributed by atoms with Crippen molar-refractivity contribution in [1.82, 2.24) is 10.2 Å². The molecule has 1 heterocycles. The molecule has 0 unspecified atom stereocenters. The van der Waals surface area contributed by atoms with Crippen molar-refractivity contribution in [3.8, 4) is 0 Å². The molecule has 3 aromatic carbocycles. The molecule has 1 aliphatic heterocycles. The lowest BCUT2D eigenvalue weighted by molar-refractivity contribution is -0.126. The second-order valence-electron chi connectivity index (χ2n) is 10.6. The Kier molecular flexibility index (Phi) is 8.66. The van der Waals surface area contributed by atoms with Crippen molar-refractivity contribution in [3.63, 3.8) is 0 Å². The number of rotatable bonds is 7. The number of hydrogen-bond donors (Lipinski definition) is 1. The van der Waals surface area contributed by atoms with Crippen molar-refractivity contribution in [1.29, 1.82) is 0 Å². The minimum absolute atomic E-state index is 0.0797. The zero-order valence-corrected chi connectivity index (χ0v) is 23.0. The smallest absolute Gasteiger partial charge is 0.410 e. The van der Waals surface area contributed by atoms with Crippen LogP contribution >= 0.6 is 7.26 Å². The molecule has 6 heteroatoms. The minimum atomic E-state index is -1.98. The minimum Gasteiger partial charge on any atom is -0.444 e. The van der Waals surface area contributed by atoms with Crippen molar-refractivity contribution in [2.75, 3.05) is 25.8 Å². The summed E-state index contributed by atoms with van der Waals surface area (Å²) in [7, 11) is -1.98. The molecule has 0 radical (unpaired) electrons. The number of nitrogens with one attached hydrogen (secondary N) is 1. The number of likely N-dealkylation sites (tertiary alicyclic amines) is 1. The van der Waals surface area contributed by atoms with E-state index in [-0.39, 0.29) is 17.9 Å². The van der Waals surface area contributed by atoms with Crippen LogP contribution in [0.1, 0.15) is 33.6 Å². The summed E-state index contributed by atoms with van der Waals surface area (Å²) in [5.74, 6) is -0.00674. The predicted molar refractivity (Wildman–Crippen MR) is 154 cm³/mol. The summed E-state index contributed by atoms with van der Waals surface area (Å²) in [5, 5.41) is 7.19. The third kappa shape index (κ3) is 6.59. The standard InChI is InChI=1S/C31H37N2O3P/c1-31(2,3)36-30(35)33-22-19-25(20-23-33)29(34)32-21-24-37(26-13-7-4-8-14-26,27-15-9-5-10-16-27)28-17-11-6-12-18-28/h4-18,25H,19-24H2,1-3H3/p+1. The van der Waals surface area contributed by atoms with Crippen LogP contribution in [-0.2, 0) is 9.53 Å². The molecule has 1 N–H and O–H groups in total. The number of nitrogens with zero attached hydrogens (tertiary/aromatic N) is 1. The summed E-state index contributed by atoms with van der Waals surface area (Å²) >= 11 is 0. The van der Waals surface area contributed by atoms with Gasteiger partial charge in [-0.1, -0.05) is 54.6 Å². The number of carbonyl (C=O) groups is 2. The van der Waals surface area contributed by atoms with Crippen LogP contribution in [0.15, 0.2) is 91.0 Å². The number of amides is 2. The average Bonchev–Trinajstić information content (AvgIpc) is 2.92. The van der Waals surface area contributed by atoms with Gasteiger partial charge < -0.3 is 15.0 Å². The molecule has 0 aliphatic carbocycles. The van der Waals surface area contributed by atoms with Crippen LogP contribution in [0.3, 0.4) is 0 Å². The van der Waals surface area contributed by atoms with E-state index in [0.717, 1.165) is 6.16 Å². The Balaban J connectivity index is 1.47. The molecular weight excluding hydrogens is 479 g/mol. The van der Waals surface area contributed by atoms with E-state index in [4.69, 9.17) is 4.74 Å². The summed E-state index contributed by atoms with van der Waals surface area (Å²) < 4.78 is 5.49. The quantitative estimate of drug-likeness (QED) is 0.461. The lowest BCUT2D eigenvalue weighted by Crippen LogP contribution is -2.45. The third-order valence-electron chi connectivity index (χ3n) is 6.85. The molecule has 2 amide bonds. The molecular formula is C31H38N2O3P+. The van der Waals surface area contributed by atoms with E-state index in [9.17, 15) is 9.59 Å². The highest BCUT2D eigenvalue weighted by molar-refractivity contribution is 7.95. The first-order valence-electron chi connectivity index (χ1n) is 13.1. The van der Waals surface area contributed by atoms with Crippen LogP contribution in [0.2, 0.25) is 0 Å². The van der Waals surface area contributed by atoms with E-state index >= 15 is 0 Å². The first kappa shape index (κ1) is 26.9. The van der Waals surface area contributed by atoms with Gasteiger partial charge in [0.1, 0.15) is 28.8 Å². The lowest BCUT2D eigenvalue weighted by Gasteiger charge is -2.33. The summed E-state index contributed by atoms with van der Waals surface area (Å²) in [5.41, 5.74) is -0.517. The predicted octanol–water partition coefficient (Wildman–Crippen LogP) is 4.74. The highest BCUT2D eigenvalue weighted by atomic mass is 31.2. The maximum absolute atomic E-state index is 13.2. The van der Waals surface area contributed by atoms with Gasteiger partial charge in [0.2, 0.25) is 5.91 Å². The maximum Gasteiger partial charge on any atom is 0.410 e. The van der Waals surface area contributed by atoms with Gasteiger partial charge in [-0.3, -0.25) is 4.79 Å². The normalized spacial score (nSPS) is 14.7. The molecule has 37 heavy (non-hydrogen) atoms. The molecule has 3 aromatic rings. The van der Waals surface area contributed by atoms with Crippen molar-refractivity contribution in [2.24, 2.45) is 5.92 Å². The van der Waals surface area contributed by atoms with E-state index < -0.39 is 12.9 Å². The van der Waals surface area contributed by atoms with E-state index in [1.165, 1.54) is 15.9 Å². The summed E-state index contributed by atoms with van der Waals surface area (Å²) in [6.45, 7) is 7.29. The SMILES string of the molecule is CC(C)(C)OC(=O)N1CCC(C(=O)NCC[P+](c2ccccc2)(c2ccccc2)c2ccccc2)CC1. The maximum atomic E-state index is 13.2. The van der Waals surface area contributed by atoms with Crippen molar-refractivity contribution >= 4 is 35.2 Å². The second kappa shape index (κ2) is 11.9. The number of piperidine rings is 1. The molecule has 0 bridgehead atoms. The molecule has 1 aliphatic rings. The van der Waals surface area contributed by atoms with Gasteiger partial charge in [0.15, 0.2) is 0 Å². The lowest BCUT2D eigenvalue weighted by atomic mass is 9.96. The van der Waals surface area contributed by atoms with E-state index in [0.29, 0.717) is 32.5 Å². The second-order valence-corrected chi connectivity index (χ2v) is 14.2. The van der Waals surface area contributed by atoms with E-state index in [1.807, 2.05) is 20.8 Å². The molecule has 1 fully saturated rings. The average molecular weight is 518 g/mol. The Morgan fingerprint density at radius 3 is 1.65 bits per heavy atom.